The Morgan fingerprint density at radius 3 is 2.12 bits per heavy atom. The van der Waals surface area contributed by atoms with Crippen LogP contribution in [0.2, 0.25) is 0 Å². The summed E-state index contributed by atoms with van der Waals surface area (Å²) < 4.78 is 32.3. The number of aryl methyl sites for hydroxylation is 2. The van der Waals surface area contributed by atoms with E-state index in [1.54, 1.807) is 25.1 Å². The Labute approximate surface area is 142 Å². The molecule has 2 aromatic rings. The third-order valence-electron chi connectivity index (χ3n) is 3.60. The van der Waals surface area contributed by atoms with Gasteiger partial charge >= 0.3 is 5.97 Å². The van der Waals surface area contributed by atoms with Gasteiger partial charge in [0.2, 0.25) is 0 Å². The fraction of sp³-hybridized carbons (Fsp3) is 0.278. The maximum atomic E-state index is 13.1. The van der Waals surface area contributed by atoms with Crippen molar-refractivity contribution in [2.24, 2.45) is 0 Å². The molecule has 0 spiro atoms. The lowest BCUT2D eigenvalue weighted by Gasteiger charge is -2.26. The molecule has 0 aliphatic carbocycles. The quantitative estimate of drug-likeness (QED) is 0.754. The molecule has 0 unspecified atom stereocenters. The molecule has 0 heterocycles. The van der Waals surface area contributed by atoms with Crippen molar-refractivity contribution in [3.8, 4) is 0 Å². The van der Waals surface area contributed by atoms with Gasteiger partial charge in [0.15, 0.2) is 0 Å². The van der Waals surface area contributed by atoms with E-state index in [-0.39, 0.29) is 18.0 Å². The number of carbonyl (C=O) groups is 1. The van der Waals surface area contributed by atoms with Crippen LogP contribution in [0, 0.1) is 13.8 Å². The van der Waals surface area contributed by atoms with E-state index >= 15 is 0 Å². The molecule has 0 aliphatic heterocycles. The summed E-state index contributed by atoms with van der Waals surface area (Å²) in [6.45, 7) is 5.16. The lowest BCUT2D eigenvalue weighted by atomic mass is 10.1. The van der Waals surface area contributed by atoms with Crippen LogP contribution in [0.1, 0.15) is 18.1 Å². The van der Waals surface area contributed by atoms with Crippen LogP contribution in [0.5, 0.6) is 0 Å². The van der Waals surface area contributed by atoms with Gasteiger partial charge in [-0.25, -0.2) is 8.42 Å². The molecule has 0 aromatic heterocycles. The van der Waals surface area contributed by atoms with Crippen molar-refractivity contribution in [3.05, 3.63) is 59.7 Å². The van der Waals surface area contributed by atoms with Crippen LogP contribution in [0.4, 0.5) is 5.69 Å². The Hall–Kier alpha value is -2.34. The highest BCUT2D eigenvalue weighted by atomic mass is 32.2. The minimum Gasteiger partial charge on any atom is -0.465 e. The third kappa shape index (κ3) is 3.76. The number of sulfonamides is 1. The van der Waals surface area contributed by atoms with Gasteiger partial charge in [0, 0.05) is 0 Å². The van der Waals surface area contributed by atoms with E-state index in [4.69, 9.17) is 4.74 Å². The van der Waals surface area contributed by atoms with Crippen molar-refractivity contribution in [3.63, 3.8) is 0 Å². The van der Waals surface area contributed by atoms with Crippen LogP contribution in [-0.4, -0.2) is 27.5 Å². The summed E-state index contributed by atoms with van der Waals surface area (Å²) in [5, 5.41) is 0. The van der Waals surface area contributed by atoms with Crippen LogP contribution in [0.15, 0.2) is 53.4 Å². The first-order chi connectivity index (χ1) is 11.4. The van der Waals surface area contributed by atoms with E-state index in [0.717, 1.165) is 15.4 Å². The van der Waals surface area contributed by atoms with Crippen molar-refractivity contribution in [1.29, 1.82) is 0 Å². The smallest absolute Gasteiger partial charge is 0.326 e. The van der Waals surface area contributed by atoms with Gasteiger partial charge in [-0.15, -0.1) is 0 Å². The Kier molecular flexibility index (Phi) is 5.62. The summed E-state index contributed by atoms with van der Waals surface area (Å²) in [7, 11) is -3.88. The van der Waals surface area contributed by atoms with Gasteiger partial charge in [-0.2, -0.15) is 0 Å². The van der Waals surface area contributed by atoms with Crippen molar-refractivity contribution in [2.75, 3.05) is 17.5 Å². The molecular weight excluding hydrogens is 326 g/mol. The van der Waals surface area contributed by atoms with E-state index in [1.165, 1.54) is 12.1 Å². The number of nitrogens with zero attached hydrogens (tertiary/aromatic N) is 1. The second-order valence-electron chi connectivity index (χ2n) is 5.37. The fourth-order valence-electron chi connectivity index (χ4n) is 2.53. The topological polar surface area (TPSA) is 63.7 Å². The van der Waals surface area contributed by atoms with Crippen LogP contribution in [0.25, 0.3) is 0 Å². The maximum Gasteiger partial charge on any atom is 0.326 e. The molecule has 0 bridgehead atoms. The normalized spacial score (nSPS) is 11.1. The van der Waals surface area contributed by atoms with Crippen LogP contribution in [-0.2, 0) is 19.6 Å². The number of para-hydroxylation sites is 1. The first-order valence-electron chi connectivity index (χ1n) is 7.67. The molecule has 0 amide bonds. The average Bonchev–Trinajstić information content (AvgIpc) is 2.54. The molecule has 0 N–H and O–H groups in total. The number of ether oxygens (including phenoxy) is 1. The molecule has 0 radical (unpaired) electrons. The predicted octanol–water partition coefficient (Wildman–Crippen LogP) is 3.06. The molecular formula is C18H21NO4S. The van der Waals surface area contributed by atoms with E-state index in [2.05, 4.69) is 0 Å². The summed E-state index contributed by atoms with van der Waals surface area (Å²) in [4.78, 5) is 12.1. The third-order valence-corrected chi connectivity index (χ3v) is 5.36. The van der Waals surface area contributed by atoms with Crippen LogP contribution >= 0.6 is 0 Å². The van der Waals surface area contributed by atoms with Gasteiger partial charge in [-0.3, -0.25) is 9.10 Å². The predicted molar refractivity (Wildman–Crippen MR) is 93.5 cm³/mol. The van der Waals surface area contributed by atoms with Crippen molar-refractivity contribution in [2.45, 2.75) is 25.7 Å². The molecule has 0 atom stereocenters. The molecule has 0 aliphatic rings. The van der Waals surface area contributed by atoms with Gasteiger partial charge in [0.05, 0.1) is 17.2 Å². The van der Waals surface area contributed by atoms with E-state index in [1.807, 2.05) is 32.0 Å². The largest absolute Gasteiger partial charge is 0.465 e. The Morgan fingerprint density at radius 1 is 1.00 bits per heavy atom. The molecule has 0 fully saturated rings. The highest BCUT2D eigenvalue weighted by Gasteiger charge is 2.29. The number of benzene rings is 2. The lowest BCUT2D eigenvalue weighted by molar-refractivity contribution is -0.141. The SMILES string of the molecule is CCOC(=O)CN(c1c(C)cccc1C)S(=O)(=O)c1ccccc1. The van der Waals surface area contributed by atoms with Crippen molar-refractivity contribution >= 4 is 21.7 Å². The second-order valence-corrected chi connectivity index (χ2v) is 7.23. The van der Waals surface area contributed by atoms with Gasteiger partial charge in [0.1, 0.15) is 6.54 Å². The molecule has 2 rings (SSSR count). The number of rotatable bonds is 6. The number of hydrogen-bond acceptors (Lipinski definition) is 4. The van der Waals surface area contributed by atoms with Gasteiger partial charge < -0.3 is 4.74 Å². The molecule has 5 nitrogen and oxygen atoms in total. The zero-order valence-electron chi connectivity index (χ0n) is 14.0. The monoisotopic (exact) mass is 347 g/mol. The summed E-state index contributed by atoms with van der Waals surface area (Å²) in [6, 6.07) is 13.6. The zero-order valence-corrected chi connectivity index (χ0v) is 14.8. The number of esters is 1. The van der Waals surface area contributed by atoms with Crippen LogP contribution in [0.3, 0.4) is 0 Å². The average molecular weight is 347 g/mol. The Bertz CT molecular complexity index is 796. The lowest BCUT2D eigenvalue weighted by Crippen LogP contribution is -2.37. The molecule has 2 aromatic carbocycles. The molecule has 0 saturated carbocycles. The van der Waals surface area contributed by atoms with Gasteiger partial charge in [-0.1, -0.05) is 36.4 Å². The van der Waals surface area contributed by atoms with E-state index in [9.17, 15) is 13.2 Å². The highest BCUT2D eigenvalue weighted by molar-refractivity contribution is 7.92. The molecule has 0 saturated heterocycles. The molecule has 128 valence electrons. The Balaban J connectivity index is 2.57. The Morgan fingerprint density at radius 2 is 1.58 bits per heavy atom. The number of hydrogen-bond donors (Lipinski definition) is 0. The van der Waals surface area contributed by atoms with Crippen LogP contribution < -0.4 is 4.31 Å². The van der Waals surface area contributed by atoms with Gasteiger partial charge in [0.25, 0.3) is 10.0 Å². The first kappa shape index (κ1) is 18.0. The highest BCUT2D eigenvalue weighted by Crippen LogP contribution is 2.30. The van der Waals surface area contributed by atoms with Gasteiger partial charge in [-0.05, 0) is 44.0 Å². The molecule has 6 heteroatoms. The summed E-state index contributed by atoms with van der Waals surface area (Å²) in [5.41, 5.74) is 2.06. The standard InChI is InChI=1S/C18H21NO4S/c1-4-23-17(20)13-19(18-14(2)9-8-10-15(18)3)24(21,22)16-11-6-5-7-12-16/h5-12H,4,13H2,1-3H3. The minimum atomic E-state index is -3.88. The summed E-state index contributed by atoms with van der Waals surface area (Å²) >= 11 is 0. The minimum absolute atomic E-state index is 0.136. The van der Waals surface area contributed by atoms with Crippen molar-refractivity contribution in [1.82, 2.24) is 0 Å². The second kappa shape index (κ2) is 7.49. The summed E-state index contributed by atoms with van der Waals surface area (Å²) in [5.74, 6) is -0.584. The van der Waals surface area contributed by atoms with Crippen molar-refractivity contribution < 1.29 is 17.9 Å². The zero-order chi connectivity index (χ0) is 17.7. The maximum absolute atomic E-state index is 13.1. The van der Waals surface area contributed by atoms with E-state index < -0.39 is 16.0 Å². The number of anilines is 1. The number of carbonyl (C=O) groups excluding carboxylic acids is 1. The first-order valence-corrected chi connectivity index (χ1v) is 9.11. The molecule has 24 heavy (non-hydrogen) atoms. The summed E-state index contributed by atoms with van der Waals surface area (Å²) in [6.07, 6.45) is 0. The fourth-order valence-corrected chi connectivity index (χ4v) is 4.09. The van der Waals surface area contributed by atoms with E-state index in [0.29, 0.717) is 5.69 Å².